The second kappa shape index (κ2) is 5.58. The molecule has 1 rings (SSSR count). The van der Waals surface area contributed by atoms with Crippen molar-refractivity contribution >= 4 is 40.6 Å². The van der Waals surface area contributed by atoms with E-state index in [9.17, 15) is 4.79 Å². The molecule has 1 aromatic carbocycles. The van der Waals surface area contributed by atoms with Gasteiger partial charge in [0.2, 0.25) is 0 Å². The van der Waals surface area contributed by atoms with Gasteiger partial charge in [0.25, 0.3) is 0 Å². The smallest absolute Gasteiger partial charge is 0.188 e. The fourth-order valence-corrected chi connectivity index (χ4v) is 1.65. The zero-order valence-electron chi connectivity index (χ0n) is 8.80. The monoisotopic (exact) mass is 277 g/mol. The Labute approximate surface area is 109 Å². The van der Waals surface area contributed by atoms with E-state index in [1.807, 2.05) is 14.1 Å². The number of carbonyl (C=O) groups is 1. The van der Waals surface area contributed by atoms with Gasteiger partial charge >= 0.3 is 0 Å². The van der Waals surface area contributed by atoms with E-state index in [1.54, 1.807) is 23.2 Å². The summed E-state index contributed by atoms with van der Waals surface area (Å²) in [7, 11) is 3.64. The van der Waals surface area contributed by atoms with Crippen LogP contribution in [0.3, 0.4) is 0 Å². The molecule has 0 atom stereocenters. The molecule has 0 saturated carbocycles. The third kappa shape index (κ3) is 3.14. The lowest BCUT2D eigenvalue weighted by atomic mass is 10.1. The van der Waals surface area contributed by atoms with Crippen LogP contribution in [0.5, 0.6) is 0 Å². The van der Waals surface area contributed by atoms with Gasteiger partial charge in [-0.1, -0.05) is 34.8 Å². The van der Waals surface area contributed by atoms with Crippen LogP contribution in [0.2, 0.25) is 15.1 Å². The minimum Gasteiger partial charge on any atom is -0.383 e. The Morgan fingerprint density at radius 2 is 1.81 bits per heavy atom. The standard InChI is InChI=1S/C11H10Cl3NO/c1-15(2)6-5-9(16)7-3-4-8(12)11(14)10(7)13/h3-6H,1-2H3. The van der Waals surface area contributed by atoms with Crippen molar-refractivity contribution in [3.05, 3.63) is 45.0 Å². The van der Waals surface area contributed by atoms with Crippen LogP contribution in [0.15, 0.2) is 24.4 Å². The molecule has 0 saturated heterocycles. The van der Waals surface area contributed by atoms with E-state index in [2.05, 4.69) is 0 Å². The summed E-state index contributed by atoms with van der Waals surface area (Å²) in [6, 6.07) is 3.10. The topological polar surface area (TPSA) is 20.3 Å². The molecule has 16 heavy (non-hydrogen) atoms. The van der Waals surface area contributed by atoms with Gasteiger partial charge in [-0.2, -0.15) is 0 Å². The highest BCUT2D eigenvalue weighted by Gasteiger charge is 2.12. The van der Waals surface area contributed by atoms with Gasteiger partial charge in [-0.15, -0.1) is 0 Å². The Bertz CT molecular complexity index is 441. The van der Waals surface area contributed by atoms with Crippen molar-refractivity contribution in [1.29, 1.82) is 0 Å². The van der Waals surface area contributed by atoms with Gasteiger partial charge in [-0.3, -0.25) is 4.79 Å². The van der Waals surface area contributed by atoms with E-state index >= 15 is 0 Å². The molecule has 0 amide bonds. The van der Waals surface area contributed by atoms with Crippen molar-refractivity contribution in [1.82, 2.24) is 4.90 Å². The zero-order chi connectivity index (χ0) is 12.3. The van der Waals surface area contributed by atoms with Crippen molar-refractivity contribution in [3.8, 4) is 0 Å². The maximum Gasteiger partial charge on any atom is 0.188 e. The lowest BCUT2D eigenvalue weighted by Gasteiger charge is -2.05. The summed E-state index contributed by atoms with van der Waals surface area (Å²) in [6.07, 6.45) is 3.06. The van der Waals surface area contributed by atoms with Gasteiger partial charge in [0.15, 0.2) is 5.78 Å². The summed E-state index contributed by atoms with van der Waals surface area (Å²) in [5.41, 5.74) is 0.342. The number of carbonyl (C=O) groups excluding carboxylic acids is 1. The average Bonchev–Trinajstić information content (AvgIpc) is 2.23. The van der Waals surface area contributed by atoms with Crippen LogP contribution < -0.4 is 0 Å². The summed E-state index contributed by atoms with van der Waals surface area (Å²) in [4.78, 5) is 13.5. The van der Waals surface area contributed by atoms with Crippen molar-refractivity contribution in [2.24, 2.45) is 0 Å². The van der Waals surface area contributed by atoms with Crippen LogP contribution in [0, 0.1) is 0 Å². The predicted octanol–water partition coefficient (Wildman–Crippen LogP) is 3.90. The largest absolute Gasteiger partial charge is 0.383 e. The molecule has 0 fully saturated rings. The molecular weight excluding hydrogens is 268 g/mol. The van der Waals surface area contributed by atoms with Crippen LogP contribution in [0.1, 0.15) is 10.4 Å². The quantitative estimate of drug-likeness (QED) is 0.475. The lowest BCUT2D eigenvalue weighted by Crippen LogP contribution is -2.03. The van der Waals surface area contributed by atoms with Crippen LogP contribution >= 0.6 is 34.8 Å². The fourth-order valence-electron chi connectivity index (χ4n) is 1.02. The molecular formula is C11H10Cl3NO. The summed E-state index contributed by atoms with van der Waals surface area (Å²) in [5, 5.41) is 0.717. The Hall–Kier alpha value is -0.700. The maximum atomic E-state index is 11.7. The number of halogens is 3. The Morgan fingerprint density at radius 1 is 1.19 bits per heavy atom. The molecule has 0 aliphatic carbocycles. The number of hydrogen-bond acceptors (Lipinski definition) is 2. The lowest BCUT2D eigenvalue weighted by molar-refractivity contribution is 0.104. The van der Waals surface area contributed by atoms with Crippen LogP contribution in [0.25, 0.3) is 0 Å². The zero-order valence-corrected chi connectivity index (χ0v) is 11.1. The number of allylic oxidation sites excluding steroid dienone is 1. The third-order valence-electron chi connectivity index (χ3n) is 1.82. The van der Waals surface area contributed by atoms with Gasteiger partial charge in [0.1, 0.15) is 0 Å². The van der Waals surface area contributed by atoms with E-state index in [4.69, 9.17) is 34.8 Å². The van der Waals surface area contributed by atoms with Gasteiger partial charge in [-0.25, -0.2) is 0 Å². The molecule has 0 aromatic heterocycles. The summed E-state index contributed by atoms with van der Waals surface area (Å²) in [5.74, 6) is -0.211. The van der Waals surface area contributed by atoms with Crippen molar-refractivity contribution in [3.63, 3.8) is 0 Å². The Kier molecular flexibility index (Phi) is 4.66. The maximum absolute atomic E-state index is 11.7. The number of benzene rings is 1. The second-order valence-corrected chi connectivity index (χ2v) is 4.53. The number of rotatable bonds is 3. The SMILES string of the molecule is CN(C)C=CC(=O)c1ccc(Cl)c(Cl)c1Cl. The molecule has 0 aliphatic heterocycles. The molecule has 0 unspecified atom stereocenters. The van der Waals surface area contributed by atoms with E-state index in [0.717, 1.165) is 0 Å². The molecule has 0 radical (unpaired) electrons. The normalized spacial score (nSPS) is 10.8. The highest BCUT2D eigenvalue weighted by atomic mass is 35.5. The van der Waals surface area contributed by atoms with Gasteiger partial charge < -0.3 is 4.90 Å². The highest BCUT2D eigenvalue weighted by Crippen LogP contribution is 2.32. The van der Waals surface area contributed by atoms with E-state index in [-0.39, 0.29) is 15.8 Å². The number of ketones is 1. The molecule has 2 nitrogen and oxygen atoms in total. The Balaban J connectivity index is 3.06. The first-order valence-electron chi connectivity index (χ1n) is 4.46. The van der Waals surface area contributed by atoms with E-state index in [1.165, 1.54) is 6.08 Å². The van der Waals surface area contributed by atoms with Gasteiger partial charge in [-0.05, 0) is 12.1 Å². The number of nitrogens with zero attached hydrogens (tertiary/aromatic N) is 1. The van der Waals surface area contributed by atoms with Crippen molar-refractivity contribution < 1.29 is 4.79 Å². The van der Waals surface area contributed by atoms with Gasteiger partial charge in [0.05, 0.1) is 15.1 Å². The first-order valence-corrected chi connectivity index (χ1v) is 5.59. The van der Waals surface area contributed by atoms with Crippen molar-refractivity contribution in [2.45, 2.75) is 0 Å². The summed E-state index contributed by atoms with van der Waals surface area (Å²) < 4.78 is 0. The fraction of sp³-hybridized carbons (Fsp3) is 0.182. The molecule has 0 heterocycles. The van der Waals surface area contributed by atoms with Crippen molar-refractivity contribution in [2.75, 3.05) is 14.1 Å². The third-order valence-corrected chi connectivity index (χ3v) is 3.12. The molecule has 86 valence electrons. The molecule has 0 N–H and O–H groups in total. The first-order chi connectivity index (χ1) is 7.43. The molecule has 1 aromatic rings. The molecule has 5 heteroatoms. The van der Waals surface area contributed by atoms with E-state index in [0.29, 0.717) is 10.6 Å². The Morgan fingerprint density at radius 3 is 2.38 bits per heavy atom. The summed E-state index contributed by atoms with van der Waals surface area (Å²) >= 11 is 17.5. The second-order valence-electron chi connectivity index (χ2n) is 3.37. The number of hydrogen-bond donors (Lipinski definition) is 0. The highest BCUT2D eigenvalue weighted by molar-refractivity contribution is 6.49. The average molecular weight is 279 g/mol. The van der Waals surface area contributed by atoms with Crippen LogP contribution in [0.4, 0.5) is 0 Å². The minimum atomic E-state index is -0.211. The van der Waals surface area contributed by atoms with Gasteiger partial charge in [0, 0.05) is 31.9 Å². The predicted molar refractivity (Wildman–Crippen MR) is 68.6 cm³/mol. The molecule has 0 bridgehead atoms. The summed E-state index contributed by atoms with van der Waals surface area (Å²) in [6.45, 7) is 0. The van der Waals surface area contributed by atoms with E-state index < -0.39 is 0 Å². The minimum absolute atomic E-state index is 0.183. The first kappa shape index (κ1) is 13.4. The van der Waals surface area contributed by atoms with Crippen LogP contribution in [-0.4, -0.2) is 24.8 Å². The molecule has 0 spiro atoms. The van der Waals surface area contributed by atoms with Crippen LogP contribution in [-0.2, 0) is 0 Å². The molecule has 0 aliphatic rings.